The largest absolute Gasteiger partial charge is 0.376 e. The second kappa shape index (κ2) is 11.2. The molecule has 1 aromatic carbocycles. The molecule has 1 saturated heterocycles. The quantitative estimate of drug-likeness (QED) is 0.515. The summed E-state index contributed by atoms with van der Waals surface area (Å²) >= 11 is 0. The van der Waals surface area contributed by atoms with Gasteiger partial charge in [0.15, 0.2) is 0 Å². The molecule has 9 heteroatoms. The summed E-state index contributed by atoms with van der Waals surface area (Å²) in [4.78, 5) is 25.1. The van der Waals surface area contributed by atoms with E-state index in [4.69, 9.17) is 4.74 Å². The Hall–Kier alpha value is -1.97. The highest BCUT2D eigenvalue weighted by Crippen LogP contribution is 2.29. The Balaban J connectivity index is 1.37. The first-order valence-electron chi connectivity index (χ1n) is 11.5. The zero-order valence-electron chi connectivity index (χ0n) is 18.9. The van der Waals surface area contributed by atoms with Crippen molar-refractivity contribution in [1.82, 2.24) is 15.4 Å². The molecule has 3 rings (SSSR count). The third kappa shape index (κ3) is 7.02. The lowest BCUT2D eigenvalue weighted by Crippen LogP contribution is -2.48. The van der Waals surface area contributed by atoms with E-state index in [-0.39, 0.29) is 34.6 Å². The van der Waals surface area contributed by atoms with E-state index in [0.29, 0.717) is 25.9 Å². The number of sulfonamides is 1. The van der Waals surface area contributed by atoms with E-state index < -0.39 is 16.1 Å². The van der Waals surface area contributed by atoms with Gasteiger partial charge in [0.25, 0.3) is 0 Å². The second-order valence-electron chi connectivity index (χ2n) is 8.99. The van der Waals surface area contributed by atoms with Crippen LogP contribution in [0.5, 0.6) is 0 Å². The fourth-order valence-corrected chi connectivity index (χ4v) is 5.34. The highest BCUT2D eigenvalue weighted by molar-refractivity contribution is 7.89. The smallest absolute Gasteiger partial charge is 0.242 e. The molecule has 2 aliphatic rings. The first-order chi connectivity index (χ1) is 15.2. The zero-order valence-corrected chi connectivity index (χ0v) is 19.7. The normalized spacial score (nSPS) is 24.6. The van der Waals surface area contributed by atoms with Crippen molar-refractivity contribution in [1.29, 1.82) is 0 Å². The van der Waals surface area contributed by atoms with Gasteiger partial charge in [0.05, 0.1) is 11.0 Å². The van der Waals surface area contributed by atoms with E-state index in [9.17, 15) is 18.0 Å². The van der Waals surface area contributed by atoms with E-state index in [2.05, 4.69) is 15.4 Å². The molecule has 0 spiro atoms. The summed E-state index contributed by atoms with van der Waals surface area (Å²) in [6.45, 7) is 5.18. The van der Waals surface area contributed by atoms with Crippen LogP contribution in [0.2, 0.25) is 0 Å². The minimum atomic E-state index is -3.53. The number of ether oxygens (including phenoxy) is 1. The van der Waals surface area contributed by atoms with Crippen molar-refractivity contribution in [2.24, 2.45) is 11.8 Å². The van der Waals surface area contributed by atoms with Gasteiger partial charge in [-0.05, 0) is 70.4 Å². The third-order valence-corrected chi connectivity index (χ3v) is 7.83. The van der Waals surface area contributed by atoms with E-state index >= 15 is 0 Å². The van der Waals surface area contributed by atoms with Gasteiger partial charge < -0.3 is 15.4 Å². The summed E-state index contributed by atoms with van der Waals surface area (Å²) in [5, 5.41) is 5.66. The Morgan fingerprint density at radius 3 is 2.38 bits per heavy atom. The minimum Gasteiger partial charge on any atom is -0.376 e. The Bertz CT molecular complexity index is 873. The lowest BCUT2D eigenvalue weighted by Gasteiger charge is -2.28. The molecule has 1 aliphatic carbocycles. The van der Waals surface area contributed by atoms with E-state index in [1.807, 2.05) is 6.92 Å². The Morgan fingerprint density at radius 1 is 1.06 bits per heavy atom. The van der Waals surface area contributed by atoms with Crippen molar-refractivity contribution in [3.63, 3.8) is 0 Å². The van der Waals surface area contributed by atoms with Crippen LogP contribution in [-0.2, 0) is 24.3 Å². The maximum absolute atomic E-state index is 12.6. The van der Waals surface area contributed by atoms with Gasteiger partial charge in [0.2, 0.25) is 21.8 Å². The van der Waals surface area contributed by atoms with Crippen molar-refractivity contribution < 1.29 is 22.7 Å². The second-order valence-corrected chi connectivity index (χ2v) is 10.8. The van der Waals surface area contributed by atoms with Crippen molar-refractivity contribution in [2.75, 3.05) is 19.7 Å². The SMILES string of the molecule is Cc1ccc(S(=O)(=O)NCC2CCC(C(=O)N[C@@H](C)C(=O)NC[C@H]3CCCO3)CC2)cc1. The molecule has 2 atom stereocenters. The predicted molar refractivity (Wildman–Crippen MR) is 121 cm³/mol. The van der Waals surface area contributed by atoms with Gasteiger partial charge >= 0.3 is 0 Å². The molecular weight excluding hydrogens is 430 g/mol. The number of benzene rings is 1. The van der Waals surface area contributed by atoms with Crippen LogP contribution in [-0.4, -0.2) is 52.1 Å². The van der Waals surface area contributed by atoms with Crippen LogP contribution in [0.4, 0.5) is 0 Å². The van der Waals surface area contributed by atoms with Crippen LogP contribution in [0, 0.1) is 18.8 Å². The number of carbonyl (C=O) groups excluding carboxylic acids is 2. The molecule has 3 N–H and O–H groups in total. The first kappa shape index (κ1) is 24.7. The third-order valence-electron chi connectivity index (χ3n) is 6.39. The zero-order chi connectivity index (χ0) is 23.1. The van der Waals surface area contributed by atoms with Crippen LogP contribution in [0.15, 0.2) is 29.2 Å². The van der Waals surface area contributed by atoms with Gasteiger partial charge in [-0.1, -0.05) is 17.7 Å². The Labute approximate surface area is 190 Å². The number of aryl methyl sites for hydroxylation is 1. The maximum Gasteiger partial charge on any atom is 0.242 e. The van der Waals surface area contributed by atoms with Gasteiger partial charge in [-0.15, -0.1) is 0 Å². The fourth-order valence-electron chi connectivity index (χ4n) is 4.23. The number of amides is 2. The molecule has 0 radical (unpaired) electrons. The number of hydrogen-bond donors (Lipinski definition) is 3. The van der Waals surface area contributed by atoms with Crippen LogP contribution in [0.25, 0.3) is 0 Å². The van der Waals surface area contributed by atoms with Crippen molar-refractivity contribution in [3.8, 4) is 0 Å². The lowest BCUT2D eigenvalue weighted by molar-refractivity contribution is -0.131. The highest BCUT2D eigenvalue weighted by atomic mass is 32.2. The van der Waals surface area contributed by atoms with Gasteiger partial charge in [-0.2, -0.15) is 0 Å². The van der Waals surface area contributed by atoms with Gasteiger partial charge in [-0.3, -0.25) is 9.59 Å². The molecule has 32 heavy (non-hydrogen) atoms. The van der Waals surface area contributed by atoms with E-state index in [1.54, 1.807) is 31.2 Å². The van der Waals surface area contributed by atoms with Gasteiger partial charge in [0, 0.05) is 25.6 Å². The molecule has 2 amide bonds. The topological polar surface area (TPSA) is 114 Å². The van der Waals surface area contributed by atoms with E-state index in [1.165, 1.54) is 0 Å². The molecule has 0 aromatic heterocycles. The molecule has 0 unspecified atom stereocenters. The van der Waals surface area contributed by atoms with Crippen LogP contribution in [0.3, 0.4) is 0 Å². The minimum absolute atomic E-state index is 0.0700. The summed E-state index contributed by atoms with van der Waals surface area (Å²) < 4.78 is 33.1. The molecule has 8 nitrogen and oxygen atoms in total. The monoisotopic (exact) mass is 465 g/mol. The molecule has 1 saturated carbocycles. The van der Waals surface area contributed by atoms with Crippen molar-refractivity contribution >= 4 is 21.8 Å². The van der Waals surface area contributed by atoms with Gasteiger partial charge in [0.1, 0.15) is 6.04 Å². The molecule has 1 heterocycles. The van der Waals surface area contributed by atoms with Crippen LogP contribution in [0.1, 0.15) is 51.0 Å². The Morgan fingerprint density at radius 2 is 1.75 bits per heavy atom. The molecule has 0 bridgehead atoms. The molecule has 178 valence electrons. The average Bonchev–Trinajstić information content (AvgIpc) is 3.30. The molecule has 1 aliphatic heterocycles. The Kier molecular flexibility index (Phi) is 8.67. The molecule has 2 fully saturated rings. The van der Waals surface area contributed by atoms with Crippen molar-refractivity contribution in [3.05, 3.63) is 29.8 Å². The van der Waals surface area contributed by atoms with Crippen molar-refractivity contribution in [2.45, 2.75) is 69.4 Å². The standard InChI is InChI=1S/C23H35N3O5S/c1-16-5-11-21(12-6-16)32(29,30)25-14-18-7-9-19(10-8-18)23(28)26-17(2)22(27)24-15-20-4-3-13-31-20/h5-6,11-12,17-20,25H,3-4,7-10,13-15H2,1-2H3,(H,24,27)(H,26,28)/t17-,18?,19?,20+/m0/s1. The number of carbonyl (C=O) groups is 2. The summed E-state index contributed by atoms with van der Waals surface area (Å²) in [5.74, 6) is -0.253. The van der Waals surface area contributed by atoms with E-state index in [0.717, 1.165) is 37.9 Å². The summed E-state index contributed by atoms with van der Waals surface area (Å²) in [6, 6.07) is 6.18. The number of hydrogen-bond acceptors (Lipinski definition) is 5. The predicted octanol–water partition coefficient (Wildman–Crippen LogP) is 1.88. The number of rotatable bonds is 9. The van der Waals surface area contributed by atoms with Gasteiger partial charge in [-0.25, -0.2) is 13.1 Å². The fraction of sp³-hybridized carbons (Fsp3) is 0.652. The summed E-state index contributed by atoms with van der Waals surface area (Å²) in [5.41, 5.74) is 1.01. The number of nitrogens with one attached hydrogen (secondary N) is 3. The maximum atomic E-state index is 12.6. The van der Waals surface area contributed by atoms with Crippen LogP contribution >= 0.6 is 0 Å². The summed E-state index contributed by atoms with van der Waals surface area (Å²) in [7, 11) is -3.53. The van der Waals surface area contributed by atoms with Crippen LogP contribution < -0.4 is 15.4 Å². The molecule has 1 aromatic rings. The first-order valence-corrected chi connectivity index (χ1v) is 13.0. The highest BCUT2D eigenvalue weighted by Gasteiger charge is 2.29. The average molecular weight is 466 g/mol. The lowest BCUT2D eigenvalue weighted by atomic mass is 9.81. The summed E-state index contributed by atoms with van der Waals surface area (Å²) in [6.07, 6.45) is 4.96. The molecular formula is C23H35N3O5S.